The van der Waals surface area contributed by atoms with Gasteiger partial charge in [0.05, 0.1) is 13.1 Å². The molecule has 1 spiro atoms. The number of benzene rings is 2. The fraction of sp³-hybridized carbons (Fsp3) is 0.450. The van der Waals surface area contributed by atoms with E-state index in [0.29, 0.717) is 19.0 Å². The van der Waals surface area contributed by atoms with Crippen LogP contribution in [0.15, 0.2) is 42.5 Å². The van der Waals surface area contributed by atoms with Gasteiger partial charge >= 0.3 is 0 Å². The fourth-order valence-electron chi connectivity index (χ4n) is 4.05. The summed E-state index contributed by atoms with van der Waals surface area (Å²) in [5.41, 5.74) is 0.625. The van der Waals surface area contributed by atoms with Gasteiger partial charge in [-0.3, -0.25) is 4.79 Å². The molecule has 2 heterocycles. The third kappa shape index (κ3) is 2.60. The van der Waals surface area contributed by atoms with Crippen LogP contribution < -0.4 is 0 Å². The van der Waals surface area contributed by atoms with E-state index in [0.717, 1.165) is 42.4 Å². The van der Waals surface area contributed by atoms with Crippen molar-refractivity contribution >= 4 is 16.7 Å². The van der Waals surface area contributed by atoms with Gasteiger partial charge in [-0.25, -0.2) is 0 Å². The summed E-state index contributed by atoms with van der Waals surface area (Å²) in [4.78, 5) is 14.7. The molecule has 2 fully saturated rings. The summed E-state index contributed by atoms with van der Waals surface area (Å²) in [7, 11) is 1.73. The second kappa shape index (κ2) is 6.19. The molecule has 0 bridgehead atoms. The standard InChI is InChI=1S/C20H23NO3/c1-23-10-8-18-9-11-24-20(18)13-21(14-20)19(22)17-7-6-15-4-2-3-5-16(15)12-17/h2-7,12,18H,8-11,13-14H2,1H3/t18-/m1/s1. The van der Waals surface area contributed by atoms with Crippen molar-refractivity contribution in [3.63, 3.8) is 0 Å². The molecule has 1 atom stereocenters. The highest BCUT2D eigenvalue weighted by molar-refractivity contribution is 5.99. The lowest BCUT2D eigenvalue weighted by atomic mass is 9.79. The topological polar surface area (TPSA) is 38.8 Å². The number of methoxy groups -OCH3 is 1. The lowest BCUT2D eigenvalue weighted by molar-refractivity contribution is -0.120. The lowest BCUT2D eigenvalue weighted by Crippen LogP contribution is -2.66. The maximum Gasteiger partial charge on any atom is 0.254 e. The van der Waals surface area contributed by atoms with Crippen molar-refractivity contribution < 1.29 is 14.3 Å². The smallest absolute Gasteiger partial charge is 0.254 e. The fourth-order valence-corrected chi connectivity index (χ4v) is 4.05. The molecule has 0 aliphatic carbocycles. The van der Waals surface area contributed by atoms with Gasteiger partial charge in [-0.1, -0.05) is 30.3 Å². The molecule has 0 aromatic heterocycles. The summed E-state index contributed by atoms with van der Waals surface area (Å²) in [5.74, 6) is 0.602. The molecule has 2 aliphatic heterocycles. The van der Waals surface area contributed by atoms with Crippen molar-refractivity contribution in [1.82, 2.24) is 4.90 Å². The molecule has 2 aliphatic rings. The number of amides is 1. The zero-order chi connectivity index (χ0) is 16.6. The van der Waals surface area contributed by atoms with Gasteiger partial charge in [0.2, 0.25) is 0 Å². The number of ether oxygens (including phenoxy) is 2. The van der Waals surface area contributed by atoms with E-state index in [1.807, 2.05) is 41.3 Å². The van der Waals surface area contributed by atoms with Crippen LogP contribution in [0, 0.1) is 5.92 Å². The van der Waals surface area contributed by atoms with Gasteiger partial charge in [-0.15, -0.1) is 0 Å². The minimum absolute atomic E-state index is 0.104. The Labute approximate surface area is 142 Å². The second-order valence-electron chi connectivity index (χ2n) is 6.90. The van der Waals surface area contributed by atoms with Crippen LogP contribution >= 0.6 is 0 Å². The minimum Gasteiger partial charge on any atom is -0.385 e. The Morgan fingerprint density at radius 3 is 2.83 bits per heavy atom. The maximum absolute atomic E-state index is 12.8. The van der Waals surface area contributed by atoms with E-state index in [9.17, 15) is 4.79 Å². The average Bonchev–Trinajstić information content (AvgIpc) is 3.01. The molecule has 0 unspecified atom stereocenters. The molecule has 4 rings (SSSR count). The quantitative estimate of drug-likeness (QED) is 0.867. The molecular formula is C20H23NO3. The number of nitrogens with zero attached hydrogens (tertiary/aromatic N) is 1. The van der Waals surface area contributed by atoms with E-state index in [4.69, 9.17) is 9.47 Å². The molecule has 24 heavy (non-hydrogen) atoms. The highest BCUT2D eigenvalue weighted by Gasteiger charge is 2.54. The number of likely N-dealkylation sites (tertiary alicyclic amines) is 1. The molecule has 4 nitrogen and oxygen atoms in total. The van der Waals surface area contributed by atoms with Crippen LogP contribution in [-0.2, 0) is 9.47 Å². The molecule has 126 valence electrons. The molecule has 1 amide bonds. The average molecular weight is 325 g/mol. The highest BCUT2D eigenvalue weighted by atomic mass is 16.5. The van der Waals surface area contributed by atoms with E-state index in [1.165, 1.54) is 0 Å². The first-order valence-electron chi connectivity index (χ1n) is 8.63. The van der Waals surface area contributed by atoms with Crippen molar-refractivity contribution in [3.8, 4) is 0 Å². The molecule has 4 heteroatoms. The first kappa shape index (κ1) is 15.6. The first-order chi connectivity index (χ1) is 11.7. The summed E-state index contributed by atoms with van der Waals surface area (Å²) in [5, 5.41) is 2.27. The van der Waals surface area contributed by atoms with Crippen LogP contribution in [0.25, 0.3) is 10.8 Å². The summed E-state index contributed by atoms with van der Waals surface area (Å²) >= 11 is 0. The summed E-state index contributed by atoms with van der Waals surface area (Å²) in [6.45, 7) is 2.96. The predicted octanol–water partition coefficient (Wildman–Crippen LogP) is 3.11. The van der Waals surface area contributed by atoms with Gasteiger partial charge in [0.15, 0.2) is 0 Å². The van der Waals surface area contributed by atoms with Gasteiger partial charge < -0.3 is 14.4 Å². The lowest BCUT2D eigenvalue weighted by Gasteiger charge is -2.50. The van der Waals surface area contributed by atoms with Crippen molar-refractivity contribution in [2.75, 3.05) is 33.4 Å². The molecule has 0 N–H and O–H groups in total. The van der Waals surface area contributed by atoms with Gasteiger partial charge in [0, 0.05) is 25.9 Å². The van der Waals surface area contributed by atoms with E-state index in [-0.39, 0.29) is 11.5 Å². The number of carbonyl (C=O) groups is 1. The Balaban J connectivity index is 1.46. The second-order valence-corrected chi connectivity index (χ2v) is 6.90. The molecule has 2 aromatic rings. The van der Waals surface area contributed by atoms with E-state index < -0.39 is 0 Å². The zero-order valence-corrected chi connectivity index (χ0v) is 14.0. The molecule has 2 saturated heterocycles. The monoisotopic (exact) mass is 325 g/mol. The van der Waals surface area contributed by atoms with Gasteiger partial charge in [-0.05, 0) is 41.7 Å². The van der Waals surface area contributed by atoms with Crippen LogP contribution in [0.2, 0.25) is 0 Å². The summed E-state index contributed by atoms with van der Waals surface area (Å²) in [6, 6.07) is 14.1. The van der Waals surface area contributed by atoms with E-state index in [2.05, 4.69) is 6.07 Å². The Morgan fingerprint density at radius 1 is 1.25 bits per heavy atom. The maximum atomic E-state index is 12.8. The van der Waals surface area contributed by atoms with E-state index >= 15 is 0 Å². The van der Waals surface area contributed by atoms with Crippen molar-refractivity contribution in [2.45, 2.75) is 18.4 Å². The van der Waals surface area contributed by atoms with Crippen molar-refractivity contribution in [2.24, 2.45) is 5.92 Å². The Kier molecular flexibility index (Phi) is 4.02. The van der Waals surface area contributed by atoms with Crippen LogP contribution in [0.5, 0.6) is 0 Å². The first-order valence-corrected chi connectivity index (χ1v) is 8.63. The summed E-state index contributed by atoms with van der Waals surface area (Å²) < 4.78 is 11.2. The number of carbonyl (C=O) groups excluding carboxylic acids is 1. The Bertz CT molecular complexity index is 751. The third-order valence-electron chi connectivity index (χ3n) is 5.47. The normalized spacial score (nSPS) is 22.0. The van der Waals surface area contributed by atoms with Crippen LogP contribution in [-0.4, -0.2) is 49.8 Å². The number of rotatable bonds is 4. The Hall–Kier alpha value is -1.91. The largest absolute Gasteiger partial charge is 0.385 e. The molecular weight excluding hydrogens is 302 g/mol. The van der Waals surface area contributed by atoms with Gasteiger partial charge in [0.25, 0.3) is 5.91 Å². The highest BCUT2D eigenvalue weighted by Crippen LogP contribution is 2.42. The third-order valence-corrected chi connectivity index (χ3v) is 5.47. The van der Waals surface area contributed by atoms with Crippen molar-refractivity contribution in [1.29, 1.82) is 0 Å². The summed E-state index contributed by atoms with van der Waals surface area (Å²) in [6.07, 6.45) is 2.08. The predicted molar refractivity (Wildman–Crippen MR) is 93.1 cm³/mol. The van der Waals surface area contributed by atoms with Crippen LogP contribution in [0.3, 0.4) is 0 Å². The number of hydrogen-bond acceptors (Lipinski definition) is 3. The SMILES string of the molecule is COCC[C@@H]1CCOC12CN(C(=O)c1ccc3ccccc3c1)C2. The molecule has 0 radical (unpaired) electrons. The van der Waals surface area contributed by atoms with Crippen molar-refractivity contribution in [3.05, 3.63) is 48.0 Å². The van der Waals surface area contributed by atoms with Crippen LogP contribution in [0.1, 0.15) is 23.2 Å². The minimum atomic E-state index is -0.134. The Morgan fingerprint density at radius 2 is 2.04 bits per heavy atom. The number of hydrogen-bond donors (Lipinski definition) is 0. The number of fused-ring (bicyclic) bond motifs is 1. The molecule has 2 aromatic carbocycles. The van der Waals surface area contributed by atoms with E-state index in [1.54, 1.807) is 7.11 Å². The zero-order valence-electron chi connectivity index (χ0n) is 14.0. The van der Waals surface area contributed by atoms with Gasteiger partial charge in [0.1, 0.15) is 5.60 Å². The van der Waals surface area contributed by atoms with Gasteiger partial charge in [-0.2, -0.15) is 0 Å². The van der Waals surface area contributed by atoms with Crippen LogP contribution in [0.4, 0.5) is 0 Å². The molecule has 0 saturated carbocycles.